The minimum Gasteiger partial charge on any atom is -0.478 e. The lowest BCUT2D eigenvalue weighted by Gasteiger charge is -2.07. The van der Waals surface area contributed by atoms with Crippen molar-refractivity contribution < 1.29 is 24.6 Å². The minimum absolute atomic E-state index is 0.176. The van der Waals surface area contributed by atoms with E-state index in [1.807, 2.05) is 37.3 Å². The van der Waals surface area contributed by atoms with E-state index < -0.39 is 17.8 Å². The SMILES string of the molecule is Cc1sc(NC(=O)c2cc(C(=O)O)ccc2C(=O)O)nc1-c1ccccc1. The van der Waals surface area contributed by atoms with Gasteiger partial charge in [0.1, 0.15) is 0 Å². The second-order valence-electron chi connectivity index (χ2n) is 5.61. The third-order valence-corrected chi connectivity index (χ3v) is 4.69. The number of hydrogen-bond donors (Lipinski definition) is 3. The maximum absolute atomic E-state index is 12.6. The Bertz CT molecular complexity index is 1040. The molecule has 0 unspecified atom stereocenters. The van der Waals surface area contributed by atoms with Crippen LogP contribution in [-0.4, -0.2) is 33.0 Å². The van der Waals surface area contributed by atoms with Crippen LogP contribution in [0.4, 0.5) is 5.13 Å². The summed E-state index contributed by atoms with van der Waals surface area (Å²) in [7, 11) is 0. The van der Waals surface area contributed by atoms with Gasteiger partial charge in [-0.15, -0.1) is 11.3 Å². The average molecular weight is 382 g/mol. The number of carbonyl (C=O) groups excluding carboxylic acids is 1. The van der Waals surface area contributed by atoms with Crippen molar-refractivity contribution in [2.75, 3.05) is 5.32 Å². The van der Waals surface area contributed by atoms with E-state index in [1.54, 1.807) is 0 Å². The molecule has 0 saturated heterocycles. The van der Waals surface area contributed by atoms with Gasteiger partial charge < -0.3 is 10.2 Å². The first-order chi connectivity index (χ1) is 12.9. The molecule has 27 heavy (non-hydrogen) atoms. The summed E-state index contributed by atoms with van der Waals surface area (Å²) in [5.41, 5.74) is 0.913. The Morgan fingerprint density at radius 2 is 1.67 bits per heavy atom. The molecule has 0 aliphatic carbocycles. The summed E-state index contributed by atoms with van der Waals surface area (Å²) in [5, 5.41) is 21.2. The number of carbonyl (C=O) groups is 3. The molecule has 1 amide bonds. The van der Waals surface area contributed by atoms with E-state index in [-0.39, 0.29) is 16.7 Å². The first kappa shape index (κ1) is 18.3. The Hall–Kier alpha value is -3.52. The molecule has 0 saturated carbocycles. The molecule has 1 heterocycles. The van der Waals surface area contributed by atoms with Crippen LogP contribution in [0.25, 0.3) is 11.3 Å². The molecule has 0 aliphatic heterocycles. The zero-order valence-corrected chi connectivity index (χ0v) is 14.9. The molecule has 1 aromatic heterocycles. The van der Waals surface area contributed by atoms with Crippen LogP contribution in [0.5, 0.6) is 0 Å². The number of nitrogens with one attached hydrogen (secondary N) is 1. The topological polar surface area (TPSA) is 117 Å². The van der Waals surface area contributed by atoms with Crippen molar-refractivity contribution in [2.24, 2.45) is 0 Å². The lowest BCUT2D eigenvalue weighted by atomic mass is 10.0. The van der Waals surface area contributed by atoms with E-state index >= 15 is 0 Å². The number of hydrogen-bond acceptors (Lipinski definition) is 5. The van der Waals surface area contributed by atoms with Gasteiger partial charge in [0, 0.05) is 10.4 Å². The maximum Gasteiger partial charge on any atom is 0.336 e. The molecule has 0 spiro atoms. The number of amides is 1. The smallest absolute Gasteiger partial charge is 0.336 e. The molecule has 0 atom stereocenters. The van der Waals surface area contributed by atoms with Gasteiger partial charge >= 0.3 is 11.9 Å². The lowest BCUT2D eigenvalue weighted by Crippen LogP contribution is -2.17. The zero-order valence-electron chi connectivity index (χ0n) is 14.1. The molecule has 8 heteroatoms. The number of aromatic nitrogens is 1. The number of carboxylic acid groups (broad SMARTS) is 2. The summed E-state index contributed by atoms with van der Waals surface area (Å²) < 4.78 is 0. The van der Waals surface area contributed by atoms with Crippen LogP contribution in [0.3, 0.4) is 0 Å². The largest absolute Gasteiger partial charge is 0.478 e. The van der Waals surface area contributed by atoms with Crippen molar-refractivity contribution >= 4 is 34.3 Å². The van der Waals surface area contributed by atoms with Crippen LogP contribution in [0.15, 0.2) is 48.5 Å². The first-order valence-corrected chi connectivity index (χ1v) is 8.63. The predicted molar refractivity (Wildman–Crippen MR) is 101 cm³/mol. The summed E-state index contributed by atoms with van der Waals surface area (Å²) in [6.45, 7) is 1.86. The van der Waals surface area contributed by atoms with Crippen LogP contribution < -0.4 is 5.32 Å². The number of aromatic carboxylic acids is 2. The van der Waals surface area contributed by atoms with Gasteiger partial charge in [-0.05, 0) is 25.1 Å². The molecular formula is C19H14N2O5S. The van der Waals surface area contributed by atoms with Gasteiger partial charge in [0.25, 0.3) is 5.91 Å². The molecule has 3 rings (SSSR count). The Kier molecular flexibility index (Phi) is 5.00. The zero-order chi connectivity index (χ0) is 19.6. The molecule has 2 aromatic carbocycles. The Morgan fingerprint density at radius 1 is 0.963 bits per heavy atom. The van der Waals surface area contributed by atoms with Crippen LogP contribution in [0, 0.1) is 6.92 Å². The highest BCUT2D eigenvalue weighted by Gasteiger charge is 2.20. The Labute approximate surface area is 157 Å². The number of thiazole rings is 1. The van der Waals surface area contributed by atoms with E-state index in [4.69, 9.17) is 5.11 Å². The maximum atomic E-state index is 12.6. The molecule has 3 N–H and O–H groups in total. The quantitative estimate of drug-likeness (QED) is 0.618. The van der Waals surface area contributed by atoms with Gasteiger partial charge in [-0.3, -0.25) is 10.1 Å². The highest BCUT2D eigenvalue weighted by molar-refractivity contribution is 7.16. The van der Waals surface area contributed by atoms with Gasteiger partial charge in [0.05, 0.1) is 22.4 Å². The van der Waals surface area contributed by atoms with Gasteiger partial charge in [0.15, 0.2) is 5.13 Å². The van der Waals surface area contributed by atoms with Crippen LogP contribution >= 0.6 is 11.3 Å². The molecular weight excluding hydrogens is 368 g/mol. The number of benzene rings is 2. The monoisotopic (exact) mass is 382 g/mol. The fourth-order valence-corrected chi connectivity index (χ4v) is 3.36. The third kappa shape index (κ3) is 3.85. The van der Waals surface area contributed by atoms with Crippen molar-refractivity contribution in [1.29, 1.82) is 0 Å². The standard InChI is InChI=1S/C19H14N2O5S/c1-10-15(11-5-3-2-4-6-11)20-19(27-10)21-16(22)14-9-12(17(23)24)7-8-13(14)18(25)26/h2-9H,1H3,(H,23,24)(H,25,26)(H,20,21,22). The molecule has 7 nitrogen and oxygen atoms in total. The van der Waals surface area contributed by atoms with Crippen LogP contribution in [-0.2, 0) is 0 Å². The fourth-order valence-electron chi connectivity index (χ4n) is 2.53. The van der Waals surface area contributed by atoms with Crippen molar-refractivity contribution in [2.45, 2.75) is 6.92 Å². The summed E-state index contributed by atoms with van der Waals surface area (Å²) in [4.78, 5) is 40.3. The summed E-state index contributed by atoms with van der Waals surface area (Å²) in [6, 6.07) is 12.7. The van der Waals surface area contributed by atoms with Gasteiger partial charge in [-0.2, -0.15) is 0 Å². The third-order valence-electron chi connectivity index (χ3n) is 3.81. The number of aryl methyl sites for hydroxylation is 1. The normalized spacial score (nSPS) is 10.4. The number of carboxylic acids is 2. The van der Waals surface area contributed by atoms with Crippen LogP contribution in [0.1, 0.15) is 36.0 Å². The second kappa shape index (κ2) is 7.38. The van der Waals surface area contributed by atoms with E-state index in [0.717, 1.165) is 28.6 Å². The van der Waals surface area contributed by atoms with Crippen molar-refractivity contribution in [1.82, 2.24) is 4.98 Å². The molecule has 0 bridgehead atoms. The Balaban J connectivity index is 1.93. The predicted octanol–water partition coefficient (Wildman–Crippen LogP) is 3.77. The van der Waals surface area contributed by atoms with Crippen molar-refractivity contribution in [3.8, 4) is 11.3 Å². The minimum atomic E-state index is -1.32. The van der Waals surface area contributed by atoms with Crippen molar-refractivity contribution in [3.63, 3.8) is 0 Å². The van der Waals surface area contributed by atoms with Gasteiger partial charge in [0.2, 0.25) is 0 Å². The average Bonchev–Trinajstić information content (AvgIpc) is 3.01. The molecule has 0 fully saturated rings. The van der Waals surface area contributed by atoms with E-state index in [2.05, 4.69) is 10.3 Å². The summed E-state index contributed by atoms with van der Waals surface area (Å²) in [5.74, 6) is -3.31. The molecule has 0 radical (unpaired) electrons. The van der Waals surface area contributed by atoms with Crippen LogP contribution in [0.2, 0.25) is 0 Å². The van der Waals surface area contributed by atoms with Gasteiger partial charge in [-0.25, -0.2) is 14.6 Å². The van der Waals surface area contributed by atoms with E-state index in [0.29, 0.717) is 10.8 Å². The number of anilines is 1. The van der Waals surface area contributed by atoms with Crippen molar-refractivity contribution in [3.05, 3.63) is 70.1 Å². The number of nitrogens with zero attached hydrogens (tertiary/aromatic N) is 1. The highest BCUT2D eigenvalue weighted by Crippen LogP contribution is 2.30. The summed E-state index contributed by atoms with van der Waals surface area (Å²) >= 11 is 1.25. The Morgan fingerprint density at radius 3 is 2.30 bits per heavy atom. The van der Waals surface area contributed by atoms with E-state index in [1.165, 1.54) is 11.3 Å². The van der Waals surface area contributed by atoms with Gasteiger partial charge in [-0.1, -0.05) is 30.3 Å². The summed E-state index contributed by atoms with van der Waals surface area (Å²) in [6.07, 6.45) is 0. The molecule has 3 aromatic rings. The molecule has 0 aliphatic rings. The highest BCUT2D eigenvalue weighted by atomic mass is 32.1. The lowest BCUT2D eigenvalue weighted by molar-refractivity contribution is 0.0679. The number of rotatable bonds is 5. The second-order valence-corrected chi connectivity index (χ2v) is 6.82. The fraction of sp³-hybridized carbons (Fsp3) is 0.0526. The van der Waals surface area contributed by atoms with E-state index in [9.17, 15) is 19.5 Å². The molecule has 136 valence electrons. The first-order valence-electron chi connectivity index (χ1n) is 7.81.